The molecule has 2 fully saturated rings. The van der Waals surface area contributed by atoms with Gasteiger partial charge in [0.05, 0.1) is 47.9 Å². The van der Waals surface area contributed by atoms with E-state index in [9.17, 15) is 10.4 Å². The summed E-state index contributed by atoms with van der Waals surface area (Å²) >= 11 is 6.45. The van der Waals surface area contributed by atoms with E-state index in [1.807, 2.05) is 0 Å². The molecule has 6 N–H and O–H groups in total. The molecular formula is C34H38FN7O3S2. The van der Waals surface area contributed by atoms with Crippen LogP contribution >= 0.6 is 23.6 Å². The number of nitrogens with zero attached hydrogens (tertiary/aromatic N) is 4. The van der Waals surface area contributed by atoms with Crippen LogP contribution in [0.2, 0.25) is 0 Å². The van der Waals surface area contributed by atoms with Crippen molar-refractivity contribution < 1.29 is 19.0 Å². The van der Waals surface area contributed by atoms with Crippen LogP contribution in [0.3, 0.4) is 0 Å². The van der Waals surface area contributed by atoms with Crippen molar-refractivity contribution in [3.05, 3.63) is 52.0 Å². The van der Waals surface area contributed by atoms with E-state index in [2.05, 4.69) is 39.9 Å². The smallest absolute Gasteiger partial charge is 0.156 e. The summed E-state index contributed by atoms with van der Waals surface area (Å²) in [5.41, 5.74) is 15.8. The Labute approximate surface area is 282 Å². The molecule has 1 aromatic heterocycles. The number of rotatable bonds is 10. The molecule has 2 atom stereocenters. The SMILES string of the molecule is C=NC(=NCC(=S)/C=C(/C)N)c1c2c(c(-c3ccc(F)c4sc(N)c(C#N)c34)c(O)c1NCOCC13CCCN1CC(C)C3)COC2. The molecule has 6 rings (SSSR count). The van der Waals surface area contributed by atoms with Gasteiger partial charge in [-0.05, 0) is 74.2 Å². The molecule has 10 nitrogen and oxygen atoms in total. The number of halogens is 1. The van der Waals surface area contributed by atoms with Crippen molar-refractivity contribution in [2.75, 3.05) is 44.0 Å². The number of aromatic hydroxyl groups is 1. The van der Waals surface area contributed by atoms with Crippen molar-refractivity contribution in [3.63, 3.8) is 0 Å². The number of benzene rings is 2. The lowest BCUT2D eigenvalue weighted by atomic mass is 9.88. The monoisotopic (exact) mass is 675 g/mol. The lowest BCUT2D eigenvalue weighted by Crippen LogP contribution is -2.42. The second-order valence-corrected chi connectivity index (χ2v) is 14.2. The average molecular weight is 676 g/mol. The number of allylic oxidation sites excluding steroid dienone is 1. The third-order valence-corrected chi connectivity index (χ3v) is 10.5. The van der Waals surface area contributed by atoms with E-state index in [1.165, 1.54) is 6.07 Å². The fourth-order valence-electron chi connectivity index (χ4n) is 7.48. The lowest BCUT2D eigenvalue weighted by Gasteiger charge is -2.32. The van der Waals surface area contributed by atoms with Gasteiger partial charge in [-0.1, -0.05) is 25.2 Å². The van der Waals surface area contributed by atoms with E-state index in [-0.39, 0.29) is 58.9 Å². The first-order valence-corrected chi connectivity index (χ1v) is 16.7. The highest BCUT2D eigenvalue weighted by molar-refractivity contribution is 7.80. The highest BCUT2D eigenvalue weighted by Gasteiger charge is 2.47. The first kappa shape index (κ1) is 33.0. The zero-order valence-electron chi connectivity index (χ0n) is 26.5. The number of fused-ring (bicyclic) bond motifs is 3. The molecule has 0 radical (unpaired) electrons. The predicted octanol–water partition coefficient (Wildman–Crippen LogP) is 5.84. The van der Waals surface area contributed by atoms with Crippen molar-refractivity contribution in [1.29, 1.82) is 5.26 Å². The third kappa shape index (κ3) is 6.00. The Kier molecular flexibility index (Phi) is 9.33. The largest absolute Gasteiger partial charge is 0.505 e. The highest BCUT2D eigenvalue weighted by Crippen LogP contribution is 2.50. The number of ether oxygens (including phenoxy) is 2. The van der Waals surface area contributed by atoms with Gasteiger partial charge in [-0.3, -0.25) is 9.89 Å². The Morgan fingerprint density at radius 2 is 2.19 bits per heavy atom. The molecule has 0 bridgehead atoms. The Bertz CT molecular complexity index is 1880. The molecule has 2 aromatic carbocycles. The van der Waals surface area contributed by atoms with Crippen LogP contribution in [-0.4, -0.2) is 65.9 Å². The van der Waals surface area contributed by atoms with E-state index in [0.717, 1.165) is 49.3 Å². The Morgan fingerprint density at radius 3 is 2.94 bits per heavy atom. The first-order valence-electron chi connectivity index (χ1n) is 15.5. The molecule has 2 unspecified atom stereocenters. The summed E-state index contributed by atoms with van der Waals surface area (Å²) in [7, 11) is 0. The van der Waals surface area contributed by atoms with E-state index in [0.29, 0.717) is 56.4 Å². The van der Waals surface area contributed by atoms with E-state index < -0.39 is 5.82 Å². The second kappa shape index (κ2) is 13.3. The topological polar surface area (TPSA) is 155 Å². The number of nitrogens with one attached hydrogen (secondary N) is 1. The summed E-state index contributed by atoms with van der Waals surface area (Å²) in [6.07, 6.45) is 4.99. The van der Waals surface area contributed by atoms with Crippen LogP contribution in [0, 0.1) is 23.1 Å². The fourth-order valence-corrected chi connectivity index (χ4v) is 8.68. The minimum absolute atomic E-state index is 0.0226. The van der Waals surface area contributed by atoms with E-state index >= 15 is 4.39 Å². The number of amidine groups is 1. The first-order chi connectivity index (χ1) is 22.6. The van der Waals surface area contributed by atoms with Crippen LogP contribution in [0.25, 0.3) is 21.2 Å². The summed E-state index contributed by atoms with van der Waals surface area (Å²) in [6.45, 7) is 11.1. The number of phenolic OH excluding ortho intramolecular Hbond substituents is 1. The Hall–Kier alpha value is -3.93. The summed E-state index contributed by atoms with van der Waals surface area (Å²) < 4.78 is 27.5. The van der Waals surface area contributed by atoms with Crippen LogP contribution in [0.4, 0.5) is 15.1 Å². The van der Waals surface area contributed by atoms with Gasteiger partial charge in [0.2, 0.25) is 0 Å². The molecule has 13 heteroatoms. The minimum atomic E-state index is -0.498. The van der Waals surface area contributed by atoms with E-state index in [4.69, 9.17) is 33.2 Å². The molecule has 0 amide bonds. The van der Waals surface area contributed by atoms with Crippen LogP contribution in [0.15, 0.2) is 33.9 Å². The summed E-state index contributed by atoms with van der Waals surface area (Å²) in [6, 6.07) is 5.01. The predicted molar refractivity (Wildman–Crippen MR) is 190 cm³/mol. The molecule has 2 saturated heterocycles. The molecule has 3 aliphatic heterocycles. The maximum Gasteiger partial charge on any atom is 0.156 e. The normalized spacial score (nSPS) is 21.2. The molecular weight excluding hydrogens is 638 g/mol. The summed E-state index contributed by atoms with van der Waals surface area (Å²) in [4.78, 5) is 12.0. The number of aliphatic imine (C=N–C) groups is 2. The van der Waals surface area contributed by atoms with Crippen molar-refractivity contribution in [3.8, 4) is 22.9 Å². The van der Waals surface area contributed by atoms with Gasteiger partial charge in [0.25, 0.3) is 0 Å². The van der Waals surface area contributed by atoms with Crippen LogP contribution in [0.5, 0.6) is 5.75 Å². The lowest BCUT2D eigenvalue weighted by molar-refractivity contribution is 0.0438. The van der Waals surface area contributed by atoms with Crippen molar-refractivity contribution in [2.24, 2.45) is 21.6 Å². The maximum atomic E-state index is 15.0. The van der Waals surface area contributed by atoms with E-state index in [1.54, 1.807) is 19.1 Å². The molecule has 0 saturated carbocycles. The zero-order valence-corrected chi connectivity index (χ0v) is 28.1. The van der Waals surface area contributed by atoms with Gasteiger partial charge in [0, 0.05) is 33.6 Å². The number of thiophene rings is 1. The van der Waals surface area contributed by atoms with Gasteiger partial charge >= 0.3 is 0 Å². The minimum Gasteiger partial charge on any atom is -0.505 e. The number of thiocarbonyl (C=S) groups is 1. The summed E-state index contributed by atoms with van der Waals surface area (Å²) in [5.74, 6) is 0.233. The quantitative estimate of drug-likeness (QED) is 0.0395. The number of nitrogens with two attached hydrogens (primary N) is 2. The number of phenols is 1. The molecule has 47 heavy (non-hydrogen) atoms. The Balaban J connectivity index is 1.47. The van der Waals surface area contributed by atoms with Gasteiger partial charge in [0.1, 0.15) is 29.4 Å². The maximum absolute atomic E-state index is 15.0. The standard InChI is InChI=1S/C34H38FN7O3S2/c1-18-10-34(7-4-8-42(34)13-18)16-45-17-41-29-28(33(39-3)40-12-20(46)9-19(2)37)24-15-44-14-23(24)26(30(29)43)21-5-6-25(35)31-27(21)22(11-36)32(38)47-31/h5-6,9,18,41,43H,3-4,7-8,10,12-17,37-38H2,1-2H3/b19-9-,40-33?. The molecule has 0 aliphatic carbocycles. The van der Waals surface area contributed by atoms with Crippen LogP contribution in [-0.2, 0) is 22.7 Å². The van der Waals surface area contributed by atoms with Crippen LogP contribution in [0.1, 0.15) is 55.4 Å². The molecule has 246 valence electrons. The van der Waals surface area contributed by atoms with Crippen molar-refractivity contribution in [1.82, 2.24) is 4.90 Å². The van der Waals surface area contributed by atoms with Crippen molar-refractivity contribution in [2.45, 2.75) is 51.9 Å². The number of nitriles is 1. The molecule has 3 aromatic rings. The van der Waals surface area contributed by atoms with Crippen LogP contribution < -0.4 is 16.8 Å². The average Bonchev–Trinajstić information content (AvgIpc) is 3.79. The van der Waals surface area contributed by atoms with Gasteiger partial charge in [-0.2, -0.15) is 5.26 Å². The van der Waals surface area contributed by atoms with Gasteiger partial charge < -0.3 is 31.4 Å². The summed E-state index contributed by atoms with van der Waals surface area (Å²) in [5, 5.41) is 26.0. The second-order valence-electron chi connectivity index (χ2n) is 12.6. The Morgan fingerprint density at radius 1 is 1.40 bits per heavy atom. The molecule has 3 aliphatic rings. The third-order valence-electron chi connectivity index (χ3n) is 9.25. The zero-order chi connectivity index (χ0) is 33.5. The van der Waals surface area contributed by atoms with Gasteiger partial charge in [0.15, 0.2) is 5.84 Å². The van der Waals surface area contributed by atoms with Gasteiger partial charge in [-0.25, -0.2) is 9.38 Å². The fraction of sp³-hybridized carbons (Fsp3) is 0.412. The van der Waals surface area contributed by atoms with Gasteiger partial charge in [-0.15, -0.1) is 11.3 Å². The molecule has 4 heterocycles. The number of nitrogen functional groups attached to an aromatic ring is 1. The molecule has 0 spiro atoms. The number of anilines is 2. The number of hydrogen-bond donors (Lipinski definition) is 4. The number of hydrogen-bond acceptors (Lipinski definition) is 11. The highest BCUT2D eigenvalue weighted by atomic mass is 32.1. The van der Waals surface area contributed by atoms with Crippen molar-refractivity contribution >= 4 is 61.7 Å².